The van der Waals surface area contributed by atoms with E-state index in [9.17, 15) is 9.59 Å². The van der Waals surface area contributed by atoms with Crippen molar-refractivity contribution in [3.05, 3.63) is 28.7 Å². The smallest absolute Gasteiger partial charge is 0.276 e. The average molecular weight is 360 g/mol. The third kappa shape index (κ3) is 3.76. The van der Waals surface area contributed by atoms with E-state index in [-0.39, 0.29) is 17.5 Å². The highest BCUT2D eigenvalue weighted by molar-refractivity contribution is 7.17. The molecule has 1 N–H and O–H groups in total. The standard InChI is InChI=1S/C16H20N6O2S/c1-10-13(15(24)21(2)3)25-16(19-10)20-14(23)11-8-12(18-9-17-11)22-6-4-5-7-22/h8-9H,4-7H2,1-3H3,(H,19,20,23). The molecule has 0 saturated carbocycles. The minimum atomic E-state index is -0.361. The minimum absolute atomic E-state index is 0.131. The molecule has 3 rings (SSSR count). The molecule has 2 amide bonds. The first-order valence-corrected chi connectivity index (χ1v) is 8.85. The average Bonchev–Trinajstić information content (AvgIpc) is 3.24. The second-order valence-corrected chi connectivity index (χ2v) is 7.04. The Balaban J connectivity index is 1.75. The summed E-state index contributed by atoms with van der Waals surface area (Å²) in [6, 6.07) is 1.69. The molecule has 0 aliphatic carbocycles. The molecule has 1 aliphatic heterocycles. The van der Waals surface area contributed by atoms with Gasteiger partial charge >= 0.3 is 0 Å². The number of hydrogen-bond donors (Lipinski definition) is 1. The van der Waals surface area contributed by atoms with Crippen LogP contribution < -0.4 is 10.2 Å². The Labute approximate surface area is 149 Å². The van der Waals surface area contributed by atoms with E-state index in [2.05, 4.69) is 25.2 Å². The quantitative estimate of drug-likeness (QED) is 0.894. The molecule has 3 heterocycles. The van der Waals surface area contributed by atoms with Crippen molar-refractivity contribution in [1.82, 2.24) is 19.9 Å². The van der Waals surface area contributed by atoms with Crippen LogP contribution in [-0.4, -0.2) is 58.9 Å². The van der Waals surface area contributed by atoms with Crippen molar-refractivity contribution < 1.29 is 9.59 Å². The number of nitrogens with zero attached hydrogens (tertiary/aromatic N) is 5. The molecule has 1 saturated heterocycles. The van der Waals surface area contributed by atoms with Crippen molar-refractivity contribution in [3.63, 3.8) is 0 Å². The molecule has 0 spiro atoms. The number of amides is 2. The van der Waals surface area contributed by atoms with Gasteiger partial charge in [-0.3, -0.25) is 14.9 Å². The van der Waals surface area contributed by atoms with E-state index < -0.39 is 0 Å². The summed E-state index contributed by atoms with van der Waals surface area (Å²) in [5, 5.41) is 3.10. The SMILES string of the molecule is Cc1nc(NC(=O)c2cc(N3CCCC3)ncn2)sc1C(=O)N(C)C. The molecule has 0 atom stereocenters. The summed E-state index contributed by atoms with van der Waals surface area (Å²) in [6.45, 7) is 3.64. The number of aromatic nitrogens is 3. The third-order valence-corrected chi connectivity index (χ3v) is 4.99. The van der Waals surface area contributed by atoms with E-state index in [1.54, 1.807) is 27.1 Å². The van der Waals surface area contributed by atoms with E-state index in [1.165, 1.54) is 11.2 Å². The number of carbonyl (C=O) groups excluding carboxylic acids is 2. The van der Waals surface area contributed by atoms with Crippen molar-refractivity contribution in [3.8, 4) is 0 Å². The Kier molecular flexibility index (Phi) is 4.93. The van der Waals surface area contributed by atoms with Crippen LogP contribution in [0.25, 0.3) is 0 Å². The predicted octanol–water partition coefficient (Wildman–Crippen LogP) is 1.80. The molecule has 2 aromatic rings. The fourth-order valence-electron chi connectivity index (χ4n) is 2.60. The first kappa shape index (κ1) is 17.3. The lowest BCUT2D eigenvalue weighted by Gasteiger charge is -2.16. The first-order chi connectivity index (χ1) is 12.0. The summed E-state index contributed by atoms with van der Waals surface area (Å²) in [7, 11) is 3.36. The van der Waals surface area contributed by atoms with Crippen LogP contribution in [0.15, 0.2) is 12.4 Å². The zero-order chi connectivity index (χ0) is 18.0. The van der Waals surface area contributed by atoms with Gasteiger partial charge in [0.2, 0.25) is 0 Å². The molecule has 0 aromatic carbocycles. The second kappa shape index (κ2) is 7.14. The number of aryl methyl sites for hydroxylation is 1. The van der Waals surface area contributed by atoms with Crippen LogP contribution in [0.4, 0.5) is 10.9 Å². The van der Waals surface area contributed by atoms with Gasteiger partial charge < -0.3 is 9.80 Å². The molecule has 9 heteroatoms. The molecule has 132 valence electrons. The largest absolute Gasteiger partial charge is 0.357 e. The van der Waals surface area contributed by atoms with E-state index >= 15 is 0 Å². The second-order valence-electron chi connectivity index (χ2n) is 6.04. The van der Waals surface area contributed by atoms with Crippen molar-refractivity contribution in [2.75, 3.05) is 37.4 Å². The lowest BCUT2D eigenvalue weighted by atomic mass is 10.3. The Morgan fingerprint density at radius 3 is 2.64 bits per heavy atom. The number of rotatable bonds is 4. The maximum absolute atomic E-state index is 12.5. The Hall–Kier alpha value is -2.55. The normalized spacial score (nSPS) is 13.8. The van der Waals surface area contributed by atoms with E-state index in [1.807, 2.05) is 0 Å². The van der Waals surface area contributed by atoms with Gasteiger partial charge in [-0.2, -0.15) is 0 Å². The fraction of sp³-hybridized carbons (Fsp3) is 0.438. The molecule has 0 unspecified atom stereocenters. The van der Waals surface area contributed by atoms with Crippen LogP contribution in [0.2, 0.25) is 0 Å². The molecule has 25 heavy (non-hydrogen) atoms. The predicted molar refractivity (Wildman–Crippen MR) is 96.3 cm³/mol. The Morgan fingerprint density at radius 1 is 1.24 bits per heavy atom. The number of nitrogens with one attached hydrogen (secondary N) is 1. The molecule has 0 radical (unpaired) electrons. The van der Waals surface area contributed by atoms with Crippen LogP contribution in [0.1, 0.15) is 38.7 Å². The highest BCUT2D eigenvalue weighted by Crippen LogP contribution is 2.24. The molecule has 2 aromatic heterocycles. The summed E-state index contributed by atoms with van der Waals surface area (Å²) in [5.74, 6) is 0.269. The first-order valence-electron chi connectivity index (χ1n) is 8.03. The molecular formula is C16H20N6O2S. The van der Waals surface area contributed by atoms with Gasteiger partial charge in [-0.05, 0) is 19.8 Å². The van der Waals surface area contributed by atoms with Gasteiger partial charge in [0.05, 0.1) is 5.69 Å². The van der Waals surface area contributed by atoms with Crippen LogP contribution in [0, 0.1) is 6.92 Å². The molecule has 1 aliphatic rings. The summed E-state index contributed by atoms with van der Waals surface area (Å²) in [6.07, 6.45) is 3.66. The summed E-state index contributed by atoms with van der Waals surface area (Å²) in [5.41, 5.74) is 0.879. The van der Waals surface area contributed by atoms with E-state index in [0.29, 0.717) is 15.7 Å². The minimum Gasteiger partial charge on any atom is -0.357 e. The highest BCUT2D eigenvalue weighted by atomic mass is 32.1. The van der Waals surface area contributed by atoms with Gasteiger partial charge in [0, 0.05) is 33.3 Å². The molecule has 8 nitrogen and oxygen atoms in total. The molecule has 0 bridgehead atoms. The zero-order valence-corrected chi connectivity index (χ0v) is 15.3. The topological polar surface area (TPSA) is 91.3 Å². The third-order valence-electron chi connectivity index (χ3n) is 3.93. The number of anilines is 2. The summed E-state index contributed by atoms with van der Waals surface area (Å²) in [4.78, 5) is 41.2. The van der Waals surface area contributed by atoms with Crippen LogP contribution in [-0.2, 0) is 0 Å². The van der Waals surface area contributed by atoms with Crippen LogP contribution in [0.5, 0.6) is 0 Å². The fourth-order valence-corrected chi connectivity index (χ4v) is 3.59. The maximum atomic E-state index is 12.5. The number of thiazole rings is 1. The maximum Gasteiger partial charge on any atom is 0.276 e. The number of carbonyl (C=O) groups is 2. The monoisotopic (exact) mass is 360 g/mol. The molecular weight excluding hydrogens is 340 g/mol. The van der Waals surface area contributed by atoms with Gasteiger partial charge in [-0.1, -0.05) is 11.3 Å². The van der Waals surface area contributed by atoms with E-state index in [0.717, 1.165) is 43.1 Å². The van der Waals surface area contributed by atoms with Gasteiger partial charge in [-0.25, -0.2) is 15.0 Å². The van der Waals surface area contributed by atoms with E-state index in [4.69, 9.17) is 0 Å². The summed E-state index contributed by atoms with van der Waals surface area (Å²) < 4.78 is 0. The lowest BCUT2D eigenvalue weighted by Crippen LogP contribution is -2.21. The van der Waals surface area contributed by atoms with Crippen molar-refractivity contribution >= 4 is 34.1 Å². The van der Waals surface area contributed by atoms with Gasteiger partial charge in [0.15, 0.2) is 5.13 Å². The lowest BCUT2D eigenvalue weighted by molar-refractivity contribution is 0.0831. The van der Waals surface area contributed by atoms with Crippen LogP contribution in [0.3, 0.4) is 0 Å². The number of hydrogen-bond acceptors (Lipinski definition) is 7. The van der Waals surface area contributed by atoms with Crippen molar-refractivity contribution in [2.24, 2.45) is 0 Å². The zero-order valence-electron chi connectivity index (χ0n) is 14.4. The van der Waals surface area contributed by atoms with Crippen molar-refractivity contribution in [2.45, 2.75) is 19.8 Å². The van der Waals surface area contributed by atoms with Gasteiger partial charge in [-0.15, -0.1) is 0 Å². The Morgan fingerprint density at radius 2 is 1.96 bits per heavy atom. The highest BCUT2D eigenvalue weighted by Gasteiger charge is 2.20. The Bertz CT molecular complexity index is 798. The van der Waals surface area contributed by atoms with Gasteiger partial charge in [0.1, 0.15) is 22.7 Å². The van der Waals surface area contributed by atoms with Gasteiger partial charge in [0.25, 0.3) is 11.8 Å². The molecule has 1 fully saturated rings. The van der Waals surface area contributed by atoms with Crippen LogP contribution >= 0.6 is 11.3 Å². The van der Waals surface area contributed by atoms with Crippen molar-refractivity contribution in [1.29, 1.82) is 0 Å². The summed E-state index contributed by atoms with van der Waals surface area (Å²) >= 11 is 1.16.